The molecule has 32 heavy (non-hydrogen) atoms. The van der Waals surface area contributed by atoms with Crippen LogP contribution in [0.3, 0.4) is 0 Å². The van der Waals surface area contributed by atoms with Gasteiger partial charge in [-0.15, -0.1) is 12.4 Å². The monoisotopic (exact) mass is 443 g/mol. The number of nitriles is 1. The molecular formula is C27H26ClN3O. The smallest absolute Gasteiger partial charge is 0.124 e. The molecule has 3 aromatic carbocycles. The number of halogens is 1. The fourth-order valence-corrected chi connectivity index (χ4v) is 3.80. The van der Waals surface area contributed by atoms with Gasteiger partial charge in [-0.05, 0) is 48.2 Å². The topological polar surface area (TPSA) is 50.8 Å². The molecule has 0 fully saturated rings. The standard InChI is InChI=1S/C27H25N3O.ClH/c1-19-9-10-20(2)24(13-19)25-14-22(11-12-23(25)15-28)27(26-16-29-18-30(26)3)31-17-21-7-5-4-6-8-21;/h4-14,16,18,27H,17H2,1-3H3;1H. The molecule has 4 nitrogen and oxygen atoms in total. The Bertz CT molecular complexity index is 1240. The number of nitrogens with zero attached hydrogens (tertiary/aromatic N) is 3. The summed E-state index contributed by atoms with van der Waals surface area (Å²) in [6, 6.07) is 24.8. The van der Waals surface area contributed by atoms with Crippen LogP contribution in [0.15, 0.2) is 79.3 Å². The van der Waals surface area contributed by atoms with E-state index in [1.807, 2.05) is 48.1 Å². The summed E-state index contributed by atoms with van der Waals surface area (Å²) in [7, 11) is 1.97. The largest absolute Gasteiger partial charge is 0.363 e. The molecular weight excluding hydrogens is 418 g/mol. The Morgan fingerprint density at radius 1 is 1.00 bits per heavy atom. The molecule has 1 aromatic heterocycles. The Kier molecular flexibility index (Phi) is 7.48. The van der Waals surface area contributed by atoms with Crippen molar-refractivity contribution >= 4 is 12.4 Å². The Balaban J connectivity index is 0.00000289. The first-order valence-corrected chi connectivity index (χ1v) is 10.3. The lowest BCUT2D eigenvalue weighted by atomic mass is 9.92. The fraction of sp³-hybridized carbons (Fsp3) is 0.185. The number of rotatable bonds is 6. The quantitative estimate of drug-likeness (QED) is 0.351. The van der Waals surface area contributed by atoms with Crippen LogP contribution >= 0.6 is 12.4 Å². The van der Waals surface area contributed by atoms with E-state index in [2.05, 4.69) is 61.3 Å². The first kappa shape index (κ1) is 23.3. The van der Waals surface area contributed by atoms with Gasteiger partial charge in [-0.25, -0.2) is 4.98 Å². The summed E-state index contributed by atoms with van der Waals surface area (Å²) < 4.78 is 8.39. The van der Waals surface area contributed by atoms with Crippen LogP contribution in [0.2, 0.25) is 0 Å². The average Bonchev–Trinajstić information content (AvgIpc) is 3.22. The lowest BCUT2D eigenvalue weighted by Gasteiger charge is -2.21. The molecule has 0 amide bonds. The maximum absolute atomic E-state index is 9.75. The van der Waals surface area contributed by atoms with Crippen LogP contribution < -0.4 is 0 Å². The predicted octanol–water partition coefficient (Wildman–Crippen LogP) is 6.30. The third-order valence-corrected chi connectivity index (χ3v) is 5.53. The van der Waals surface area contributed by atoms with E-state index in [0.29, 0.717) is 12.2 Å². The van der Waals surface area contributed by atoms with Crippen molar-refractivity contribution < 1.29 is 4.74 Å². The molecule has 5 heteroatoms. The summed E-state index contributed by atoms with van der Waals surface area (Å²) in [6.45, 7) is 4.63. The van der Waals surface area contributed by atoms with Gasteiger partial charge < -0.3 is 9.30 Å². The van der Waals surface area contributed by atoms with Crippen molar-refractivity contribution in [3.05, 3.63) is 113 Å². The van der Waals surface area contributed by atoms with Crippen LogP contribution in [0, 0.1) is 25.2 Å². The summed E-state index contributed by atoms with van der Waals surface area (Å²) in [6.07, 6.45) is 3.32. The fourth-order valence-electron chi connectivity index (χ4n) is 3.80. The number of hydrogen-bond donors (Lipinski definition) is 0. The Morgan fingerprint density at radius 2 is 1.78 bits per heavy atom. The van der Waals surface area contributed by atoms with Crippen LogP contribution in [-0.2, 0) is 18.4 Å². The van der Waals surface area contributed by atoms with Crippen molar-refractivity contribution in [1.82, 2.24) is 9.55 Å². The second-order valence-corrected chi connectivity index (χ2v) is 7.84. The van der Waals surface area contributed by atoms with Crippen LogP contribution in [0.5, 0.6) is 0 Å². The molecule has 162 valence electrons. The van der Waals surface area contributed by atoms with Crippen LogP contribution in [0.25, 0.3) is 11.1 Å². The highest BCUT2D eigenvalue weighted by Crippen LogP contribution is 2.34. The minimum absolute atomic E-state index is 0. The van der Waals surface area contributed by atoms with Crippen molar-refractivity contribution in [2.75, 3.05) is 0 Å². The molecule has 4 aromatic rings. The maximum Gasteiger partial charge on any atom is 0.124 e. The highest BCUT2D eigenvalue weighted by Gasteiger charge is 2.21. The molecule has 0 aliphatic heterocycles. The van der Waals surface area contributed by atoms with Crippen molar-refractivity contribution in [2.24, 2.45) is 7.05 Å². The summed E-state index contributed by atoms with van der Waals surface area (Å²) in [4.78, 5) is 4.29. The Morgan fingerprint density at radius 3 is 2.47 bits per heavy atom. The highest BCUT2D eigenvalue weighted by atomic mass is 35.5. The lowest BCUT2D eigenvalue weighted by molar-refractivity contribution is 0.0622. The molecule has 0 N–H and O–H groups in total. The number of hydrogen-bond acceptors (Lipinski definition) is 3. The zero-order valence-electron chi connectivity index (χ0n) is 18.4. The molecule has 1 heterocycles. The van der Waals surface area contributed by atoms with Gasteiger partial charge in [0.2, 0.25) is 0 Å². The normalized spacial score (nSPS) is 11.4. The third-order valence-electron chi connectivity index (χ3n) is 5.53. The van der Waals surface area contributed by atoms with Gasteiger partial charge in [-0.2, -0.15) is 5.26 Å². The SMILES string of the molecule is Cc1ccc(C)c(-c2cc(C(OCc3ccccc3)c3cncn3C)ccc2C#N)c1.Cl. The first-order chi connectivity index (χ1) is 15.1. The van der Waals surface area contributed by atoms with E-state index in [1.165, 1.54) is 5.56 Å². The summed E-state index contributed by atoms with van der Waals surface area (Å²) in [5.74, 6) is 0. The van der Waals surface area contributed by atoms with Gasteiger partial charge in [0.1, 0.15) is 6.10 Å². The Labute approximate surface area is 195 Å². The molecule has 0 saturated carbocycles. The average molecular weight is 444 g/mol. The zero-order chi connectivity index (χ0) is 21.8. The molecule has 0 bridgehead atoms. The van der Waals surface area contributed by atoms with Crippen molar-refractivity contribution in [3.8, 4) is 17.2 Å². The van der Waals surface area contributed by atoms with E-state index in [0.717, 1.165) is 33.5 Å². The van der Waals surface area contributed by atoms with Crippen molar-refractivity contribution in [1.29, 1.82) is 5.26 Å². The minimum Gasteiger partial charge on any atom is -0.363 e. The van der Waals surface area contributed by atoms with Gasteiger partial charge in [-0.1, -0.05) is 60.2 Å². The third kappa shape index (κ3) is 4.91. The molecule has 0 saturated heterocycles. The van der Waals surface area contributed by atoms with Crippen LogP contribution in [-0.4, -0.2) is 9.55 Å². The number of aromatic nitrogens is 2. The highest BCUT2D eigenvalue weighted by molar-refractivity contribution is 5.85. The van der Waals surface area contributed by atoms with Gasteiger partial charge in [0.15, 0.2) is 0 Å². The molecule has 0 radical (unpaired) electrons. The number of benzene rings is 3. The number of imidazole rings is 1. The second-order valence-electron chi connectivity index (χ2n) is 7.84. The van der Waals surface area contributed by atoms with Gasteiger partial charge >= 0.3 is 0 Å². The maximum atomic E-state index is 9.75. The first-order valence-electron chi connectivity index (χ1n) is 10.3. The van der Waals surface area contributed by atoms with Crippen molar-refractivity contribution in [2.45, 2.75) is 26.6 Å². The van der Waals surface area contributed by atoms with Gasteiger partial charge in [0.25, 0.3) is 0 Å². The van der Waals surface area contributed by atoms with E-state index in [1.54, 1.807) is 6.33 Å². The minimum atomic E-state index is -0.302. The van der Waals surface area contributed by atoms with E-state index in [9.17, 15) is 5.26 Å². The molecule has 4 rings (SSSR count). The Hall–Kier alpha value is -3.39. The summed E-state index contributed by atoms with van der Waals surface area (Å²) in [5, 5.41) is 9.75. The number of ether oxygens (including phenoxy) is 1. The second kappa shape index (κ2) is 10.3. The molecule has 0 aliphatic carbocycles. The van der Waals surface area contributed by atoms with Gasteiger partial charge in [-0.3, -0.25) is 0 Å². The predicted molar refractivity (Wildman–Crippen MR) is 130 cm³/mol. The molecule has 1 unspecified atom stereocenters. The number of aryl methyl sites for hydroxylation is 3. The molecule has 0 aliphatic rings. The van der Waals surface area contributed by atoms with Gasteiger partial charge in [0, 0.05) is 12.6 Å². The van der Waals surface area contributed by atoms with Crippen LogP contribution in [0.4, 0.5) is 0 Å². The van der Waals surface area contributed by atoms with E-state index in [-0.39, 0.29) is 18.5 Å². The van der Waals surface area contributed by atoms with E-state index in [4.69, 9.17) is 4.74 Å². The molecule has 1 atom stereocenters. The van der Waals surface area contributed by atoms with E-state index >= 15 is 0 Å². The molecule has 0 spiro atoms. The van der Waals surface area contributed by atoms with E-state index < -0.39 is 0 Å². The van der Waals surface area contributed by atoms with Crippen LogP contribution in [0.1, 0.15) is 39.6 Å². The lowest BCUT2D eigenvalue weighted by Crippen LogP contribution is -2.11. The van der Waals surface area contributed by atoms with Crippen molar-refractivity contribution in [3.63, 3.8) is 0 Å². The summed E-state index contributed by atoms with van der Waals surface area (Å²) >= 11 is 0. The van der Waals surface area contributed by atoms with Gasteiger partial charge in [0.05, 0.1) is 36.5 Å². The summed E-state index contributed by atoms with van der Waals surface area (Å²) in [5.41, 5.74) is 8.03. The zero-order valence-corrected chi connectivity index (χ0v) is 19.3.